The van der Waals surface area contributed by atoms with Crippen molar-refractivity contribution in [3.8, 4) is 0 Å². The van der Waals surface area contributed by atoms with Gasteiger partial charge in [0.25, 0.3) is 0 Å². The van der Waals surface area contributed by atoms with Crippen molar-refractivity contribution in [3.63, 3.8) is 0 Å². The smallest absolute Gasteiger partial charge is 0.101 e. The fourth-order valence-electron chi connectivity index (χ4n) is 2.28. The summed E-state index contributed by atoms with van der Waals surface area (Å²) in [5.41, 5.74) is 6.04. The zero-order valence-electron chi connectivity index (χ0n) is 10.8. The average Bonchev–Trinajstić information content (AvgIpc) is 2.76. The maximum Gasteiger partial charge on any atom is 0.101 e. The second-order valence-corrected chi connectivity index (χ2v) is 4.86. The van der Waals surface area contributed by atoms with E-state index >= 15 is 0 Å². The van der Waals surface area contributed by atoms with Crippen LogP contribution in [0.15, 0.2) is 4.99 Å². The number of nitrogens with zero attached hydrogens (tertiary/aromatic N) is 1. The average molecular weight is 225 g/mol. The van der Waals surface area contributed by atoms with Gasteiger partial charge in [-0.25, -0.2) is 0 Å². The van der Waals surface area contributed by atoms with E-state index in [1.54, 1.807) is 0 Å². The van der Waals surface area contributed by atoms with Crippen LogP contribution in [0.25, 0.3) is 0 Å². The number of hydrogen-bond donors (Lipinski definition) is 2. The van der Waals surface area contributed by atoms with Crippen LogP contribution in [0.1, 0.15) is 52.4 Å². The largest absolute Gasteiger partial charge is 0.372 e. The quantitative estimate of drug-likeness (QED) is 0.623. The first-order valence-electron chi connectivity index (χ1n) is 6.79. The summed E-state index contributed by atoms with van der Waals surface area (Å²) in [5.74, 6) is 1.61. The van der Waals surface area contributed by atoms with Gasteiger partial charge in [-0.15, -0.1) is 0 Å². The van der Waals surface area contributed by atoms with Crippen molar-refractivity contribution in [3.05, 3.63) is 0 Å². The van der Waals surface area contributed by atoms with Crippen LogP contribution in [0.5, 0.6) is 0 Å². The molecule has 0 bridgehead atoms. The van der Waals surface area contributed by atoms with Crippen LogP contribution in [0, 0.1) is 5.92 Å². The Balaban J connectivity index is 2.23. The maximum absolute atomic E-state index is 6.04. The van der Waals surface area contributed by atoms with Crippen molar-refractivity contribution >= 4 is 5.84 Å². The van der Waals surface area contributed by atoms with Crippen molar-refractivity contribution in [1.29, 1.82) is 0 Å². The first kappa shape index (κ1) is 13.5. The highest BCUT2D eigenvalue weighted by molar-refractivity contribution is 5.86. The van der Waals surface area contributed by atoms with Gasteiger partial charge in [-0.3, -0.25) is 4.99 Å². The van der Waals surface area contributed by atoms with Gasteiger partial charge in [-0.1, -0.05) is 39.0 Å². The summed E-state index contributed by atoms with van der Waals surface area (Å²) in [6.45, 7) is 6.27. The van der Waals surface area contributed by atoms with Gasteiger partial charge in [-0.05, 0) is 13.3 Å². The minimum Gasteiger partial charge on any atom is -0.372 e. The van der Waals surface area contributed by atoms with Crippen molar-refractivity contribution < 1.29 is 0 Å². The molecule has 0 saturated carbocycles. The van der Waals surface area contributed by atoms with Gasteiger partial charge in [0.2, 0.25) is 0 Å². The summed E-state index contributed by atoms with van der Waals surface area (Å²) in [4.78, 5) is 4.50. The van der Waals surface area contributed by atoms with Crippen LogP contribution in [0.3, 0.4) is 0 Å². The van der Waals surface area contributed by atoms with E-state index in [0.29, 0.717) is 5.92 Å². The van der Waals surface area contributed by atoms with Gasteiger partial charge in [0.15, 0.2) is 0 Å². The normalized spacial score (nSPS) is 19.1. The predicted molar refractivity (Wildman–Crippen MR) is 70.8 cm³/mol. The third kappa shape index (κ3) is 4.52. The molecule has 0 aromatic rings. The zero-order chi connectivity index (χ0) is 11.8. The molecule has 3 N–H and O–H groups in total. The van der Waals surface area contributed by atoms with E-state index in [-0.39, 0.29) is 6.04 Å². The second kappa shape index (κ2) is 7.66. The fraction of sp³-hybridized carbons (Fsp3) is 0.923. The maximum atomic E-state index is 6.04. The Morgan fingerprint density at radius 2 is 2.06 bits per heavy atom. The molecule has 16 heavy (non-hydrogen) atoms. The molecule has 3 heteroatoms. The van der Waals surface area contributed by atoms with E-state index in [0.717, 1.165) is 18.9 Å². The Morgan fingerprint density at radius 1 is 1.31 bits per heavy atom. The topological polar surface area (TPSA) is 50.4 Å². The molecule has 0 radical (unpaired) electrons. The Labute approximate surface area is 99.9 Å². The molecular weight excluding hydrogens is 198 g/mol. The number of hydrogen-bond acceptors (Lipinski definition) is 3. The van der Waals surface area contributed by atoms with E-state index in [1.165, 1.54) is 38.5 Å². The molecule has 0 fully saturated rings. The SMILES string of the molecule is CCCCCCCC(C1=NCCN1)C(C)N. The van der Waals surface area contributed by atoms with Gasteiger partial charge in [0, 0.05) is 18.5 Å². The summed E-state index contributed by atoms with van der Waals surface area (Å²) < 4.78 is 0. The molecule has 0 spiro atoms. The minimum atomic E-state index is 0.218. The van der Waals surface area contributed by atoms with E-state index in [1.807, 2.05) is 0 Å². The lowest BCUT2D eigenvalue weighted by molar-refractivity contribution is 0.481. The molecule has 1 aliphatic heterocycles. The van der Waals surface area contributed by atoms with E-state index in [4.69, 9.17) is 5.73 Å². The van der Waals surface area contributed by atoms with Crippen LogP contribution in [0.2, 0.25) is 0 Å². The van der Waals surface area contributed by atoms with Crippen molar-refractivity contribution in [2.45, 2.75) is 58.4 Å². The van der Waals surface area contributed by atoms with E-state index in [2.05, 4.69) is 24.2 Å². The molecule has 3 nitrogen and oxygen atoms in total. The summed E-state index contributed by atoms with van der Waals surface area (Å²) in [6.07, 6.45) is 7.85. The summed E-state index contributed by atoms with van der Waals surface area (Å²) in [5, 5.41) is 3.36. The van der Waals surface area contributed by atoms with Crippen LogP contribution < -0.4 is 11.1 Å². The molecule has 2 atom stereocenters. The van der Waals surface area contributed by atoms with Crippen LogP contribution in [0.4, 0.5) is 0 Å². The van der Waals surface area contributed by atoms with Crippen molar-refractivity contribution in [1.82, 2.24) is 5.32 Å². The molecule has 0 amide bonds. The Kier molecular flexibility index (Phi) is 6.46. The Morgan fingerprint density at radius 3 is 2.62 bits per heavy atom. The molecular formula is C13H27N3. The number of nitrogens with two attached hydrogens (primary N) is 1. The lowest BCUT2D eigenvalue weighted by atomic mass is 9.93. The summed E-state index contributed by atoms with van der Waals surface area (Å²) in [7, 11) is 0. The Bertz CT molecular complexity index is 211. The number of unbranched alkanes of at least 4 members (excludes halogenated alkanes) is 4. The van der Waals surface area contributed by atoms with Crippen LogP contribution in [-0.2, 0) is 0 Å². The summed E-state index contributed by atoms with van der Waals surface area (Å²) >= 11 is 0. The molecule has 2 unspecified atom stereocenters. The second-order valence-electron chi connectivity index (χ2n) is 4.86. The van der Waals surface area contributed by atoms with Gasteiger partial charge in [0.05, 0.1) is 6.54 Å². The van der Waals surface area contributed by atoms with Crippen molar-refractivity contribution in [2.24, 2.45) is 16.6 Å². The number of nitrogens with one attached hydrogen (secondary N) is 1. The van der Waals surface area contributed by atoms with E-state index in [9.17, 15) is 0 Å². The predicted octanol–water partition coefficient (Wildman–Crippen LogP) is 2.31. The standard InChI is InChI=1S/C13H27N3/c1-3-4-5-6-7-8-12(11(2)14)13-15-9-10-16-13/h11-12H,3-10,14H2,1-2H3,(H,15,16). The molecule has 1 aliphatic rings. The van der Waals surface area contributed by atoms with Crippen LogP contribution >= 0.6 is 0 Å². The van der Waals surface area contributed by atoms with E-state index < -0.39 is 0 Å². The zero-order valence-corrected chi connectivity index (χ0v) is 10.8. The molecule has 0 aliphatic carbocycles. The van der Waals surface area contributed by atoms with Gasteiger partial charge >= 0.3 is 0 Å². The van der Waals surface area contributed by atoms with Gasteiger partial charge in [0.1, 0.15) is 5.84 Å². The molecule has 0 aromatic heterocycles. The van der Waals surface area contributed by atoms with Gasteiger partial charge < -0.3 is 11.1 Å². The molecule has 0 aromatic carbocycles. The van der Waals surface area contributed by atoms with Crippen molar-refractivity contribution in [2.75, 3.05) is 13.1 Å². The Hall–Kier alpha value is -0.570. The lowest BCUT2D eigenvalue weighted by Gasteiger charge is -2.21. The number of aliphatic imine (C=N–C) groups is 1. The number of amidine groups is 1. The highest BCUT2D eigenvalue weighted by Gasteiger charge is 2.21. The number of rotatable bonds is 8. The molecule has 94 valence electrons. The van der Waals surface area contributed by atoms with Crippen LogP contribution in [-0.4, -0.2) is 25.0 Å². The monoisotopic (exact) mass is 225 g/mol. The molecule has 1 heterocycles. The first-order valence-corrected chi connectivity index (χ1v) is 6.79. The third-order valence-corrected chi connectivity index (χ3v) is 3.30. The highest BCUT2D eigenvalue weighted by Crippen LogP contribution is 2.16. The summed E-state index contributed by atoms with van der Waals surface area (Å²) in [6, 6.07) is 0.218. The molecule has 0 saturated heterocycles. The lowest BCUT2D eigenvalue weighted by Crippen LogP contribution is -2.38. The fourth-order valence-corrected chi connectivity index (χ4v) is 2.28. The molecule has 1 rings (SSSR count). The van der Waals surface area contributed by atoms with Gasteiger partial charge in [-0.2, -0.15) is 0 Å². The minimum absolute atomic E-state index is 0.218. The highest BCUT2D eigenvalue weighted by atomic mass is 15.1. The third-order valence-electron chi connectivity index (χ3n) is 3.30. The first-order chi connectivity index (χ1) is 7.75.